The Bertz CT molecular complexity index is 354. The lowest BCUT2D eigenvalue weighted by atomic mass is 9.86. The number of aromatic nitrogens is 1. The predicted octanol–water partition coefficient (Wildman–Crippen LogP) is 1.67. The highest BCUT2D eigenvalue weighted by Crippen LogP contribution is 2.37. The summed E-state index contributed by atoms with van der Waals surface area (Å²) in [5, 5.41) is 10.8. The fraction of sp³-hybridized carbons (Fsp3) is 0.750. The van der Waals surface area contributed by atoms with Crippen LogP contribution in [0.3, 0.4) is 0 Å². The first-order valence-electron chi connectivity index (χ1n) is 6.12. The maximum absolute atomic E-state index is 10.8. The Balaban J connectivity index is 1.77. The van der Waals surface area contributed by atoms with Gasteiger partial charge in [-0.05, 0) is 25.8 Å². The van der Waals surface area contributed by atoms with Crippen molar-refractivity contribution in [2.75, 3.05) is 13.1 Å². The van der Waals surface area contributed by atoms with Crippen LogP contribution >= 0.6 is 11.3 Å². The van der Waals surface area contributed by atoms with Crippen LogP contribution in [0.15, 0.2) is 11.7 Å². The normalized spacial score (nSPS) is 35.2. The highest BCUT2D eigenvalue weighted by molar-refractivity contribution is 7.09. The molecule has 0 spiro atoms. The summed E-state index contributed by atoms with van der Waals surface area (Å²) in [6.07, 6.45) is 7.34. The summed E-state index contributed by atoms with van der Waals surface area (Å²) in [4.78, 5) is 7.79. The highest BCUT2D eigenvalue weighted by atomic mass is 32.1. The van der Waals surface area contributed by atoms with E-state index in [0.29, 0.717) is 6.04 Å². The molecule has 0 saturated carbocycles. The minimum Gasteiger partial charge on any atom is -0.388 e. The van der Waals surface area contributed by atoms with Gasteiger partial charge in [-0.25, -0.2) is 0 Å². The number of aliphatic hydroxyl groups is 1. The zero-order valence-corrected chi connectivity index (χ0v) is 10.2. The van der Waals surface area contributed by atoms with Gasteiger partial charge in [-0.2, -0.15) is 0 Å². The zero-order chi connectivity index (χ0) is 11.0. The quantitative estimate of drug-likeness (QED) is 0.851. The molecule has 0 radical (unpaired) electrons. The molecule has 3 nitrogen and oxygen atoms in total. The van der Waals surface area contributed by atoms with Crippen molar-refractivity contribution in [1.29, 1.82) is 0 Å². The molecule has 3 rings (SSSR count). The molecule has 0 aromatic carbocycles. The first-order valence-corrected chi connectivity index (χ1v) is 7.00. The largest absolute Gasteiger partial charge is 0.388 e. The van der Waals surface area contributed by atoms with Crippen LogP contribution in [0, 0.1) is 0 Å². The molecule has 2 unspecified atom stereocenters. The molecule has 2 aliphatic heterocycles. The van der Waals surface area contributed by atoms with Crippen molar-refractivity contribution in [2.45, 2.75) is 43.7 Å². The second-order valence-electron chi connectivity index (χ2n) is 5.05. The smallest absolute Gasteiger partial charge is 0.0862 e. The van der Waals surface area contributed by atoms with Gasteiger partial charge in [0.15, 0.2) is 0 Å². The fourth-order valence-electron chi connectivity index (χ4n) is 3.21. The first kappa shape index (κ1) is 10.7. The SMILES string of the molecule is OC1(Cc2cncs2)CCN2CCCCC21. The summed E-state index contributed by atoms with van der Waals surface area (Å²) in [6.45, 7) is 2.25. The van der Waals surface area contributed by atoms with Crippen molar-refractivity contribution in [3.05, 3.63) is 16.6 Å². The number of fused-ring (bicyclic) bond motifs is 1. The highest BCUT2D eigenvalue weighted by Gasteiger charge is 2.46. The Morgan fingerprint density at radius 2 is 2.44 bits per heavy atom. The molecule has 4 heteroatoms. The third-order valence-corrected chi connectivity index (χ3v) is 4.81. The molecular weight excluding hydrogens is 220 g/mol. The molecule has 16 heavy (non-hydrogen) atoms. The fourth-order valence-corrected chi connectivity index (χ4v) is 3.92. The van der Waals surface area contributed by atoms with E-state index in [0.717, 1.165) is 25.8 Å². The third kappa shape index (κ3) is 1.79. The number of hydrogen-bond acceptors (Lipinski definition) is 4. The van der Waals surface area contributed by atoms with Crippen LogP contribution in [0.25, 0.3) is 0 Å². The second-order valence-corrected chi connectivity index (χ2v) is 6.02. The standard InChI is InChI=1S/C12H18N2OS/c15-12(7-10-8-13-9-16-10)4-6-14-5-2-1-3-11(12)14/h8-9,11,15H,1-7H2. The molecule has 1 aromatic rings. The van der Waals surface area contributed by atoms with Crippen molar-refractivity contribution in [3.63, 3.8) is 0 Å². The van der Waals surface area contributed by atoms with E-state index in [4.69, 9.17) is 0 Å². The molecule has 3 heterocycles. The summed E-state index contributed by atoms with van der Waals surface area (Å²) in [7, 11) is 0. The number of piperidine rings is 1. The topological polar surface area (TPSA) is 36.4 Å². The molecule has 0 bridgehead atoms. The minimum absolute atomic E-state index is 0.392. The third-order valence-electron chi connectivity index (χ3n) is 4.03. The summed E-state index contributed by atoms with van der Waals surface area (Å²) in [5.74, 6) is 0. The van der Waals surface area contributed by atoms with Crippen LogP contribution in [-0.2, 0) is 6.42 Å². The Kier molecular flexibility index (Phi) is 2.73. The monoisotopic (exact) mass is 238 g/mol. The molecule has 2 saturated heterocycles. The van der Waals surface area contributed by atoms with Gasteiger partial charge in [0.25, 0.3) is 0 Å². The number of hydrogen-bond donors (Lipinski definition) is 1. The van der Waals surface area contributed by atoms with Crippen LogP contribution in [0.4, 0.5) is 0 Å². The van der Waals surface area contributed by atoms with Crippen molar-refractivity contribution in [1.82, 2.24) is 9.88 Å². The van der Waals surface area contributed by atoms with Gasteiger partial charge in [0.05, 0.1) is 11.1 Å². The van der Waals surface area contributed by atoms with Crippen LogP contribution in [0.5, 0.6) is 0 Å². The molecule has 1 aromatic heterocycles. The van der Waals surface area contributed by atoms with E-state index in [1.165, 1.54) is 24.3 Å². The van der Waals surface area contributed by atoms with Crippen LogP contribution in [-0.4, -0.2) is 39.7 Å². The lowest BCUT2D eigenvalue weighted by Crippen LogP contribution is -2.48. The lowest BCUT2D eigenvalue weighted by Gasteiger charge is -2.37. The Hall–Kier alpha value is -0.450. The predicted molar refractivity (Wildman–Crippen MR) is 64.6 cm³/mol. The molecule has 88 valence electrons. The average molecular weight is 238 g/mol. The van der Waals surface area contributed by atoms with Crippen molar-refractivity contribution >= 4 is 11.3 Å². The van der Waals surface area contributed by atoms with E-state index in [1.54, 1.807) is 11.3 Å². The van der Waals surface area contributed by atoms with Crippen LogP contribution < -0.4 is 0 Å². The van der Waals surface area contributed by atoms with Gasteiger partial charge in [-0.3, -0.25) is 9.88 Å². The van der Waals surface area contributed by atoms with Crippen molar-refractivity contribution in [3.8, 4) is 0 Å². The van der Waals surface area contributed by atoms with E-state index < -0.39 is 5.60 Å². The van der Waals surface area contributed by atoms with Gasteiger partial charge in [-0.1, -0.05) is 6.42 Å². The van der Waals surface area contributed by atoms with Gasteiger partial charge in [-0.15, -0.1) is 11.3 Å². The van der Waals surface area contributed by atoms with E-state index in [2.05, 4.69) is 9.88 Å². The van der Waals surface area contributed by atoms with Crippen molar-refractivity contribution in [2.24, 2.45) is 0 Å². The minimum atomic E-state index is -0.493. The maximum atomic E-state index is 10.8. The Labute approximate surface area is 100 Å². The lowest BCUT2D eigenvalue weighted by molar-refractivity contribution is -0.00829. The molecule has 2 fully saturated rings. The zero-order valence-electron chi connectivity index (χ0n) is 9.43. The van der Waals surface area contributed by atoms with Crippen LogP contribution in [0.1, 0.15) is 30.6 Å². The Morgan fingerprint density at radius 1 is 1.50 bits per heavy atom. The molecule has 1 N–H and O–H groups in total. The molecule has 0 aliphatic carbocycles. The number of rotatable bonds is 2. The van der Waals surface area contributed by atoms with Crippen LogP contribution in [0.2, 0.25) is 0 Å². The van der Waals surface area contributed by atoms with Gasteiger partial charge in [0, 0.05) is 30.1 Å². The number of thiazole rings is 1. The van der Waals surface area contributed by atoms with Gasteiger partial charge in [0.1, 0.15) is 0 Å². The molecule has 0 amide bonds. The second kappa shape index (κ2) is 4.09. The molecule has 2 aliphatic rings. The van der Waals surface area contributed by atoms with E-state index in [-0.39, 0.29) is 0 Å². The number of nitrogens with zero attached hydrogens (tertiary/aromatic N) is 2. The molecular formula is C12H18N2OS. The average Bonchev–Trinajstić information content (AvgIpc) is 2.89. The van der Waals surface area contributed by atoms with E-state index in [1.807, 2.05) is 11.7 Å². The van der Waals surface area contributed by atoms with Gasteiger partial charge in [0.2, 0.25) is 0 Å². The maximum Gasteiger partial charge on any atom is 0.0862 e. The van der Waals surface area contributed by atoms with Gasteiger partial charge < -0.3 is 5.11 Å². The first-order chi connectivity index (χ1) is 7.78. The van der Waals surface area contributed by atoms with E-state index in [9.17, 15) is 5.11 Å². The van der Waals surface area contributed by atoms with E-state index >= 15 is 0 Å². The van der Waals surface area contributed by atoms with Gasteiger partial charge >= 0.3 is 0 Å². The summed E-state index contributed by atoms with van der Waals surface area (Å²) < 4.78 is 0. The van der Waals surface area contributed by atoms with Crippen molar-refractivity contribution < 1.29 is 5.11 Å². The molecule has 2 atom stereocenters. The summed E-state index contributed by atoms with van der Waals surface area (Å²) >= 11 is 1.66. The summed E-state index contributed by atoms with van der Waals surface area (Å²) in [5.41, 5.74) is 1.36. The Morgan fingerprint density at radius 3 is 3.25 bits per heavy atom. The summed E-state index contributed by atoms with van der Waals surface area (Å²) in [6, 6.07) is 0.392.